The number of piperidine rings is 1. The van der Waals surface area contributed by atoms with E-state index in [4.69, 9.17) is 0 Å². The van der Waals surface area contributed by atoms with Crippen LogP contribution in [0.1, 0.15) is 31.7 Å². The Morgan fingerprint density at radius 1 is 1.28 bits per heavy atom. The molecule has 156 valence electrons. The van der Waals surface area contributed by atoms with E-state index in [-0.39, 0.29) is 18.5 Å². The molecule has 0 N–H and O–H groups in total. The fraction of sp³-hybridized carbons (Fsp3) is 0.565. The minimum absolute atomic E-state index is 0.0187. The number of halogens is 1. The predicted octanol–water partition coefficient (Wildman–Crippen LogP) is 3.40. The third-order valence-electron chi connectivity index (χ3n) is 6.54. The maximum Gasteiger partial charge on any atom is 0.237 e. The summed E-state index contributed by atoms with van der Waals surface area (Å²) >= 11 is 0. The van der Waals surface area contributed by atoms with Gasteiger partial charge in [0.15, 0.2) is 0 Å². The topological polar surface area (TPSA) is 39.7 Å². The van der Waals surface area contributed by atoms with Crippen molar-refractivity contribution in [3.8, 4) is 0 Å². The van der Waals surface area contributed by atoms with Crippen LogP contribution in [-0.2, 0) is 4.79 Å². The highest BCUT2D eigenvalue weighted by atomic mass is 19.1. The molecule has 29 heavy (non-hydrogen) atoms. The molecule has 1 aromatic heterocycles. The van der Waals surface area contributed by atoms with Crippen LogP contribution >= 0.6 is 0 Å². The van der Waals surface area contributed by atoms with Gasteiger partial charge in [0.2, 0.25) is 5.91 Å². The van der Waals surface area contributed by atoms with Gasteiger partial charge in [-0.2, -0.15) is 0 Å². The van der Waals surface area contributed by atoms with Crippen LogP contribution in [0.25, 0.3) is 10.9 Å². The molecule has 2 saturated heterocycles. The van der Waals surface area contributed by atoms with Gasteiger partial charge in [0.25, 0.3) is 0 Å². The number of amides is 1. The zero-order chi connectivity index (χ0) is 20.5. The normalized spacial score (nSPS) is 23.7. The molecule has 3 heterocycles. The maximum atomic E-state index is 13.6. The highest BCUT2D eigenvalue weighted by Crippen LogP contribution is 2.26. The van der Waals surface area contributed by atoms with Gasteiger partial charge in [-0.15, -0.1) is 0 Å². The van der Waals surface area contributed by atoms with E-state index in [1.807, 2.05) is 13.1 Å². The first kappa shape index (κ1) is 20.1. The van der Waals surface area contributed by atoms with Crippen molar-refractivity contribution in [1.82, 2.24) is 14.8 Å². The van der Waals surface area contributed by atoms with Crippen molar-refractivity contribution in [2.45, 2.75) is 51.4 Å². The van der Waals surface area contributed by atoms with Crippen molar-refractivity contribution in [3.63, 3.8) is 0 Å². The van der Waals surface area contributed by atoms with Gasteiger partial charge < -0.3 is 9.80 Å². The molecule has 0 radical (unpaired) electrons. The number of fused-ring (bicyclic) bond motifs is 1. The SMILES string of the molecule is Cc1ccc2ncc(N(C)C3CCN(CC(=O)N4C[C@@H](F)C[C@H]4C)CC3)cc2c1. The molecule has 2 aliphatic heterocycles. The summed E-state index contributed by atoms with van der Waals surface area (Å²) in [5.74, 6) is 0.0681. The Bertz CT molecular complexity index is 880. The molecule has 2 fully saturated rings. The standard InChI is InChI=1S/C23H31FN4O/c1-16-4-5-22-18(10-16)12-21(13-25-22)26(3)20-6-8-27(9-7-20)15-23(29)28-14-19(24)11-17(28)2/h4-5,10,12-13,17,19-20H,6-9,11,14-15H2,1-3H3/t17-,19+/m1/s1. The molecule has 2 atom stereocenters. The molecule has 6 heteroatoms. The fourth-order valence-electron chi connectivity index (χ4n) is 4.70. The second-order valence-electron chi connectivity index (χ2n) is 8.74. The Kier molecular flexibility index (Phi) is 5.72. The number of hydrogen-bond acceptors (Lipinski definition) is 4. The zero-order valence-electron chi connectivity index (χ0n) is 17.6. The lowest BCUT2D eigenvalue weighted by molar-refractivity contribution is -0.133. The molecule has 1 aromatic carbocycles. The number of hydrogen-bond donors (Lipinski definition) is 0. The number of carbonyl (C=O) groups excluding carboxylic acids is 1. The lowest BCUT2D eigenvalue weighted by atomic mass is 10.0. The van der Waals surface area contributed by atoms with Gasteiger partial charge in [0, 0.05) is 44.0 Å². The van der Waals surface area contributed by atoms with Gasteiger partial charge in [-0.1, -0.05) is 11.6 Å². The summed E-state index contributed by atoms with van der Waals surface area (Å²) in [6, 6.07) is 9.00. The number of rotatable bonds is 4. The van der Waals surface area contributed by atoms with E-state index in [0.29, 0.717) is 19.0 Å². The summed E-state index contributed by atoms with van der Waals surface area (Å²) in [4.78, 5) is 23.4. The number of aromatic nitrogens is 1. The molecule has 0 spiro atoms. The van der Waals surface area contributed by atoms with E-state index in [2.05, 4.69) is 53.0 Å². The van der Waals surface area contributed by atoms with Gasteiger partial charge in [-0.05, 0) is 44.9 Å². The lowest BCUT2D eigenvalue weighted by Crippen LogP contribution is -2.48. The average Bonchev–Trinajstić information content (AvgIpc) is 3.05. The largest absolute Gasteiger partial charge is 0.370 e. The summed E-state index contributed by atoms with van der Waals surface area (Å²) in [6.45, 7) is 6.49. The van der Waals surface area contributed by atoms with Crippen molar-refractivity contribution in [2.24, 2.45) is 0 Å². The molecular weight excluding hydrogens is 367 g/mol. The highest BCUT2D eigenvalue weighted by molar-refractivity contribution is 5.82. The molecule has 0 saturated carbocycles. The molecule has 0 bridgehead atoms. The summed E-state index contributed by atoms with van der Waals surface area (Å²) in [7, 11) is 2.14. The average molecular weight is 399 g/mol. The van der Waals surface area contributed by atoms with Crippen molar-refractivity contribution in [1.29, 1.82) is 0 Å². The summed E-state index contributed by atoms with van der Waals surface area (Å²) < 4.78 is 13.6. The first-order chi connectivity index (χ1) is 13.9. The van der Waals surface area contributed by atoms with Crippen LogP contribution in [0.4, 0.5) is 10.1 Å². The number of pyridine rings is 1. The fourth-order valence-corrected chi connectivity index (χ4v) is 4.70. The Hall–Kier alpha value is -2.21. The molecule has 2 aliphatic rings. The van der Waals surface area contributed by atoms with E-state index < -0.39 is 6.17 Å². The Morgan fingerprint density at radius 2 is 2.03 bits per heavy atom. The minimum atomic E-state index is -0.868. The van der Waals surface area contributed by atoms with Crippen LogP contribution in [0.2, 0.25) is 0 Å². The van der Waals surface area contributed by atoms with Crippen molar-refractivity contribution >= 4 is 22.5 Å². The molecular formula is C23H31FN4O. The third kappa shape index (κ3) is 4.37. The van der Waals surface area contributed by atoms with E-state index in [1.165, 1.54) is 10.9 Å². The number of nitrogens with zero attached hydrogens (tertiary/aromatic N) is 4. The first-order valence-electron chi connectivity index (χ1n) is 10.7. The zero-order valence-corrected chi connectivity index (χ0v) is 17.6. The van der Waals surface area contributed by atoms with Gasteiger partial charge in [0.05, 0.1) is 30.5 Å². The summed E-state index contributed by atoms with van der Waals surface area (Å²) in [6.07, 6.45) is 3.58. The van der Waals surface area contributed by atoms with Crippen LogP contribution < -0.4 is 4.90 Å². The van der Waals surface area contributed by atoms with Gasteiger partial charge in [0.1, 0.15) is 6.17 Å². The van der Waals surface area contributed by atoms with Crippen molar-refractivity contribution in [2.75, 3.05) is 38.1 Å². The number of anilines is 1. The number of benzene rings is 1. The highest BCUT2D eigenvalue weighted by Gasteiger charge is 2.33. The lowest BCUT2D eigenvalue weighted by Gasteiger charge is -2.38. The van der Waals surface area contributed by atoms with Crippen LogP contribution in [0.15, 0.2) is 30.5 Å². The second kappa shape index (κ2) is 8.27. The molecule has 4 rings (SSSR count). The van der Waals surface area contributed by atoms with Crippen LogP contribution in [-0.4, -0.2) is 72.2 Å². The van der Waals surface area contributed by atoms with E-state index in [0.717, 1.165) is 37.1 Å². The van der Waals surface area contributed by atoms with Gasteiger partial charge in [-0.3, -0.25) is 14.7 Å². The van der Waals surface area contributed by atoms with Crippen molar-refractivity contribution in [3.05, 3.63) is 36.0 Å². The number of carbonyl (C=O) groups is 1. The third-order valence-corrected chi connectivity index (χ3v) is 6.54. The monoisotopic (exact) mass is 398 g/mol. The van der Waals surface area contributed by atoms with Crippen LogP contribution in [0, 0.1) is 6.92 Å². The molecule has 1 amide bonds. The number of aryl methyl sites for hydroxylation is 1. The quantitative estimate of drug-likeness (QED) is 0.791. The minimum Gasteiger partial charge on any atom is -0.370 e. The first-order valence-corrected chi connectivity index (χ1v) is 10.7. The summed E-state index contributed by atoms with van der Waals surface area (Å²) in [5.41, 5.74) is 3.40. The Morgan fingerprint density at radius 3 is 2.72 bits per heavy atom. The van der Waals surface area contributed by atoms with Crippen LogP contribution in [0.3, 0.4) is 0 Å². The van der Waals surface area contributed by atoms with Crippen molar-refractivity contribution < 1.29 is 9.18 Å². The number of alkyl halides is 1. The van der Waals surface area contributed by atoms with Gasteiger partial charge in [-0.25, -0.2) is 4.39 Å². The Labute approximate surface area is 172 Å². The van der Waals surface area contributed by atoms with E-state index in [9.17, 15) is 9.18 Å². The van der Waals surface area contributed by atoms with Gasteiger partial charge >= 0.3 is 0 Å². The second-order valence-corrected chi connectivity index (χ2v) is 8.74. The maximum absolute atomic E-state index is 13.6. The molecule has 0 unspecified atom stereocenters. The molecule has 0 aliphatic carbocycles. The van der Waals surface area contributed by atoms with Crippen LogP contribution in [0.5, 0.6) is 0 Å². The smallest absolute Gasteiger partial charge is 0.237 e. The Balaban J connectivity index is 1.34. The number of likely N-dealkylation sites (tertiary alicyclic amines) is 2. The molecule has 2 aromatic rings. The summed E-state index contributed by atoms with van der Waals surface area (Å²) in [5, 5.41) is 1.17. The molecule has 5 nitrogen and oxygen atoms in total. The predicted molar refractivity (Wildman–Crippen MR) is 115 cm³/mol. The van der Waals surface area contributed by atoms with E-state index >= 15 is 0 Å². The van der Waals surface area contributed by atoms with E-state index in [1.54, 1.807) is 4.90 Å².